The van der Waals surface area contributed by atoms with Gasteiger partial charge >= 0.3 is 0 Å². The minimum Gasteiger partial charge on any atom is -0.319 e. The second-order valence-corrected chi connectivity index (χ2v) is 9.53. The molecule has 15 heteroatoms. The van der Waals surface area contributed by atoms with Crippen LogP contribution in [0.3, 0.4) is 0 Å². The first kappa shape index (κ1) is 32.3. The van der Waals surface area contributed by atoms with E-state index < -0.39 is 12.1 Å². The summed E-state index contributed by atoms with van der Waals surface area (Å²) in [4.78, 5) is 24.2. The number of nitrogens with two attached hydrogens (primary N) is 2. The summed E-state index contributed by atoms with van der Waals surface area (Å²) in [5.74, 6) is 1.56. The van der Waals surface area contributed by atoms with Crippen molar-refractivity contribution in [1.82, 2.24) is 20.9 Å². The molecule has 0 fully saturated rings. The lowest BCUT2D eigenvalue weighted by Crippen LogP contribution is -2.52. The van der Waals surface area contributed by atoms with E-state index in [1.807, 2.05) is 0 Å². The number of nitrogens with zero attached hydrogens (tertiary/aromatic N) is 2. The van der Waals surface area contributed by atoms with Gasteiger partial charge in [0.25, 0.3) is 11.8 Å². The van der Waals surface area contributed by atoms with Crippen LogP contribution in [0.15, 0.2) is 0 Å². The van der Waals surface area contributed by atoms with Gasteiger partial charge < -0.3 is 11.5 Å². The summed E-state index contributed by atoms with van der Waals surface area (Å²) in [6, 6.07) is -1.42. The topological polar surface area (TPSA) is 117 Å². The van der Waals surface area contributed by atoms with E-state index in [9.17, 15) is 9.59 Å². The SMILES string of the molecule is Br.N[C@@H](CSSC[C@H](N)C(=O)NN(CCCl)CCCl)C(=O)NN(CCCl)CCCl. The molecule has 6 N–H and O–H groups in total. The minimum absolute atomic E-state index is 0. The third kappa shape index (κ3) is 16.4. The van der Waals surface area contributed by atoms with Crippen LogP contribution in [0, 0.1) is 0 Å². The molecule has 0 aliphatic rings. The zero-order chi connectivity index (χ0) is 21.4. The van der Waals surface area contributed by atoms with Crippen molar-refractivity contribution in [1.29, 1.82) is 0 Å². The van der Waals surface area contributed by atoms with Crippen LogP contribution in [0.5, 0.6) is 0 Å². The number of carbonyl (C=O) groups is 2. The molecule has 174 valence electrons. The molecule has 0 heterocycles. The van der Waals surface area contributed by atoms with Crippen molar-refractivity contribution in [3.8, 4) is 0 Å². The third-order valence-corrected chi connectivity index (χ3v) is 6.36. The molecule has 8 nitrogen and oxygen atoms in total. The quantitative estimate of drug-likeness (QED) is 0.0855. The van der Waals surface area contributed by atoms with Crippen molar-refractivity contribution in [2.45, 2.75) is 12.1 Å². The zero-order valence-electron chi connectivity index (χ0n) is 15.8. The lowest BCUT2D eigenvalue weighted by atomic mass is 10.3. The van der Waals surface area contributed by atoms with E-state index in [0.29, 0.717) is 61.2 Å². The van der Waals surface area contributed by atoms with Crippen molar-refractivity contribution >= 4 is 96.8 Å². The molecule has 0 radical (unpaired) electrons. The predicted octanol–water partition coefficient (Wildman–Crippen LogP) is 1.22. The summed E-state index contributed by atoms with van der Waals surface area (Å²) in [6.07, 6.45) is 0. The molecule has 29 heavy (non-hydrogen) atoms. The van der Waals surface area contributed by atoms with Gasteiger partial charge in [0.05, 0.1) is 12.1 Å². The lowest BCUT2D eigenvalue weighted by molar-refractivity contribution is -0.127. The average molecular weight is 599 g/mol. The van der Waals surface area contributed by atoms with E-state index in [0.717, 1.165) is 0 Å². The van der Waals surface area contributed by atoms with Gasteiger partial charge in [0.2, 0.25) is 0 Å². The normalized spacial score (nSPS) is 13.1. The van der Waals surface area contributed by atoms with Crippen LogP contribution in [0.4, 0.5) is 0 Å². The highest BCUT2D eigenvalue weighted by Gasteiger charge is 2.19. The first-order chi connectivity index (χ1) is 13.4. The van der Waals surface area contributed by atoms with Crippen LogP contribution >= 0.6 is 85.0 Å². The highest BCUT2D eigenvalue weighted by molar-refractivity contribution is 8.93. The van der Waals surface area contributed by atoms with Crippen molar-refractivity contribution in [2.75, 3.05) is 61.2 Å². The minimum atomic E-state index is -0.710. The number of carbonyl (C=O) groups excluding carboxylic acids is 2. The van der Waals surface area contributed by atoms with Gasteiger partial charge in [0, 0.05) is 61.2 Å². The van der Waals surface area contributed by atoms with Crippen molar-refractivity contribution in [2.24, 2.45) is 11.5 Å². The smallest absolute Gasteiger partial charge is 0.252 e. The summed E-state index contributed by atoms with van der Waals surface area (Å²) < 4.78 is 0. The van der Waals surface area contributed by atoms with E-state index in [4.69, 9.17) is 57.9 Å². The molecule has 0 unspecified atom stereocenters. The van der Waals surface area contributed by atoms with Crippen LogP contribution < -0.4 is 22.3 Å². The van der Waals surface area contributed by atoms with Gasteiger partial charge in [-0.3, -0.25) is 20.4 Å². The fourth-order valence-electron chi connectivity index (χ4n) is 1.73. The van der Waals surface area contributed by atoms with E-state index in [-0.39, 0.29) is 28.8 Å². The number of alkyl halides is 4. The third-order valence-electron chi connectivity index (χ3n) is 3.21. The van der Waals surface area contributed by atoms with E-state index in [1.165, 1.54) is 21.6 Å². The van der Waals surface area contributed by atoms with Crippen molar-refractivity contribution in [3.05, 3.63) is 0 Å². The molecule has 2 atom stereocenters. The summed E-state index contributed by atoms with van der Waals surface area (Å²) in [5, 5.41) is 3.27. The van der Waals surface area contributed by atoms with Crippen molar-refractivity contribution < 1.29 is 9.59 Å². The Morgan fingerprint density at radius 2 is 1.00 bits per heavy atom. The van der Waals surface area contributed by atoms with Gasteiger partial charge in [-0.2, -0.15) is 0 Å². The first-order valence-electron chi connectivity index (χ1n) is 8.49. The average Bonchev–Trinajstić information content (AvgIpc) is 2.65. The maximum absolute atomic E-state index is 12.1. The fraction of sp³-hybridized carbons (Fsp3) is 0.857. The summed E-state index contributed by atoms with van der Waals surface area (Å²) in [7, 11) is 2.75. The monoisotopic (exact) mass is 596 g/mol. The Labute approximate surface area is 210 Å². The molecule has 0 spiro atoms. The Morgan fingerprint density at radius 3 is 1.24 bits per heavy atom. The lowest BCUT2D eigenvalue weighted by Gasteiger charge is -2.23. The van der Waals surface area contributed by atoms with E-state index in [1.54, 1.807) is 10.0 Å². The maximum atomic E-state index is 12.1. The molecule has 0 saturated carbocycles. The van der Waals surface area contributed by atoms with Gasteiger partial charge in [-0.1, -0.05) is 21.6 Å². The number of rotatable bonds is 17. The molecule has 0 aliphatic heterocycles. The first-order valence-corrected chi connectivity index (χ1v) is 13.1. The summed E-state index contributed by atoms with van der Waals surface area (Å²) >= 11 is 22.7. The molecular formula is C14H29BrCl4N6O2S2. The fourth-order valence-corrected chi connectivity index (χ4v) is 4.79. The van der Waals surface area contributed by atoms with Gasteiger partial charge in [-0.05, 0) is 0 Å². The highest BCUT2D eigenvalue weighted by atomic mass is 79.9. The van der Waals surface area contributed by atoms with Crippen LogP contribution in [-0.4, -0.2) is 95.1 Å². The molecule has 0 aliphatic carbocycles. The maximum Gasteiger partial charge on any atom is 0.252 e. The highest BCUT2D eigenvalue weighted by Crippen LogP contribution is 2.22. The van der Waals surface area contributed by atoms with Gasteiger partial charge in [-0.15, -0.1) is 63.4 Å². The Kier molecular flexibility index (Phi) is 23.4. The van der Waals surface area contributed by atoms with E-state index >= 15 is 0 Å². The molecule has 0 aromatic rings. The molecule has 0 rings (SSSR count). The second-order valence-electron chi connectivity index (χ2n) is 5.46. The van der Waals surface area contributed by atoms with Gasteiger partial charge in [0.15, 0.2) is 0 Å². The molecule has 0 aromatic heterocycles. The van der Waals surface area contributed by atoms with Crippen LogP contribution in [0.25, 0.3) is 0 Å². The Balaban J connectivity index is 0. The standard InChI is InChI=1S/C14H28Cl4N6O2S2.BrH/c15-1-5-23(6-2-16)21-13(25)11(19)9-27-28-10-12(20)14(26)22-24(7-3-17)8-4-18;/h11-12H,1-10,19-20H2,(H,21,25)(H,22,26);1H/t11-,12-;/m0./s1. The second kappa shape index (κ2) is 21.0. The Hall–Kier alpha value is 1.12. The van der Waals surface area contributed by atoms with Crippen LogP contribution in [-0.2, 0) is 9.59 Å². The Bertz CT molecular complexity index is 401. The number of nitrogens with one attached hydrogen (secondary N) is 2. The van der Waals surface area contributed by atoms with Crippen LogP contribution in [0.2, 0.25) is 0 Å². The number of amides is 2. The predicted molar refractivity (Wildman–Crippen MR) is 134 cm³/mol. The molecule has 2 amide bonds. The largest absolute Gasteiger partial charge is 0.319 e. The van der Waals surface area contributed by atoms with Gasteiger partial charge in [0.1, 0.15) is 0 Å². The van der Waals surface area contributed by atoms with Crippen molar-refractivity contribution in [3.63, 3.8) is 0 Å². The van der Waals surface area contributed by atoms with E-state index in [2.05, 4.69) is 10.9 Å². The summed E-state index contributed by atoms with van der Waals surface area (Å²) in [5.41, 5.74) is 17.2. The number of hydrogen-bond donors (Lipinski definition) is 4. The van der Waals surface area contributed by atoms with Gasteiger partial charge in [-0.25, -0.2) is 10.0 Å². The summed E-state index contributed by atoms with van der Waals surface area (Å²) in [6.45, 7) is 1.90. The molecular weight excluding hydrogens is 570 g/mol. The molecule has 0 saturated heterocycles. The Morgan fingerprint density at radius 1 is 0.724 bits per heavy atom. The number of halogens is 5. The number of hydrogen-bond acceptors (Lipinski definition) is 8. The molecule has 0 bridgehead atoms. The van der Waals surface area contributed by atoms with Crippen LogP contribution in [0.1, 0.15) is 0 Å². The number of hydrazine groups is 2. The molecule has 0 aromatic carbocycles. The zero-order valence-corrected chi connectivity index (χ0v) is 22.2.